The summed E-state index contributed by atoms with van der Waals surface area (Å²) < 4.78 is 26.5. The molecule has 0 bridgehead atoms. The van der Waals surface area contributed by atoms with E-state index in [2.05, 4.69) is 5.32 Å². The Bertz CT molecular complexity index is 1160. The fourth-order valence-electron chi connectivity index (χ4n) is 3.49. The molecule has 0 aromatic heterocycles. The third-order valence-corrected chi connectivity index (χ3v) is 7.60. The molecule has 192 valence electrons. The molecular weight excluding hydrogens is 509 g/mol. The molecular formula is C25H33Cl2N3O4S. The van der Waals surface area contributed by atoms with Gasteiger partial charge < -0.3 is 10.2 Å². The third-order valence-electron chi connectivity index (χ3n) is 5.77. The minimum atomic E-state index is -3.81. The molecule has 2 rings (SSSR count). The predicted octanol–water partition coefficient (Wildman–Crippen LogP) is 4.57. The normalized spacial score (nSPS) is 12.4. The molecule has 0 saturated heterocycles. The number of benzene rings is 2. The van der Waals surface area contributed by atoms with E-state index in [1.165, 1.54) is 4.90 Å². The van der Waals surface area contributed by atoms with Crippen molar-refractivity contribution in [2.75, 3.05) is 23.7 Å². The summed E-state index contributed by atoms with van der Waals surface area (Å²) in [5.41, 5.74) is 2.53. The van der Waals surface area contributed by atoms with Gasteiger partial charge in [0.15, 0.2) is 0 Å². The van der Waals surface area contributed by atoms with Crippen LogP contribution in [0.3, 0.4) is 0 Å². The van der Waals surface area contributed by atoms with E-state index in [1.807, 2.05) is 26.8 Å². The quantitative estimate of drug-likeness (QED) is 0.477. The van der Waals surface area contributed by atoms with Gasteiger partial charge in [-0.2, -0.15) is 0 Å². The highest BCUT2D eigenvalue weighted by Gasteiger charge is 2.31. The van der Waals surface area contributed by atoms with Crippen LogP contribution in [-0.2, 0) is 26.2 Å². The molecule has 35 heavy (non-hydrogen) atoms. The maximum atomic E-state index is 13.6. The van der Waals surface area contributed by atoms with Crippen molar-refractivity contribution in [2.45, 2.75) is 47.2 Å². The van der Waals surface area contributed by atoms with Crippen LogP contribution in [0.15, 0.2) is 36.4 Å². The summed E-state index contributed by atoms with van der Waals surface area (Å²) in [6.45, 7) is 9.10. The second-order valence-corrected chi connectivity index (χ2v) is 11.7. The zero-order valence-electron chi connectivity index (χ0n) is 20.9. The summed E-state index contributed by atoms with van der Waals surface area (Å²) in [5, 5.41) is 3.53. The van der Waals surface area contributed by atoms with Crippen LogP contribution in [0, 0.1) is 19.8 Å². The number of hydrogen-bond acceptors (Lipinski definition) is 4. The van der Waals surface area contributed by atoms with Gasteiger partial charge in [0.05, 0.1) is 11.9 Å². The third kappa shape index (κ3) is 7.59. The minimum Gasteiger partial charge on any atom is -0.354 e. The fraction of sp³-hybridized carbons (Fsp3) is 0.440. The first-order valence-electron chi connectivity index (χ1n) is 11.3. The van der Waals surface area contributed by atoms with Crippen molar-refractivity contribution >= 4 is 50.7 Å². The van der Waals surface area contributed by atoms with Crippen LogP contribution in [0.2, 0.25) is 10.0 Å². The minimum absolute atomic E-state index is 0.0575. The van der Waals surface area contributed by atoms with Crippen molar-refractivity contribution in [3.63, 3.8) is 0 Å². The number of carbonyl (C=O) groups excluding carboxylic acids is 2. The number of sulfonamides is 1. The SMILES string of the molecule is Cc1cccc(N(CC(=O)N(Cc2c(Cl)cccc2Cl)C(C)C(=O)NCC(C)C)S(C)(=O)=O)c1C. The second kappa shape index (κ2) is 12.1. The molecule has 10 heteroatoms. The molecule has 0 radical (unpaired) electrons. The number of halogens is 2. The van der Waals surface area contributed by atoms with Crippen molar-refractivity contribution in [2.24, 2.45) is 5.92 Å². The number of nitrogens with one attached hydrogen (secondary N) is 1. The maximum Gasteiger partial charge on any atom is 0.244 e. The van der Waals surface area contributed by atoms with E-state index < -0.39 is 28.5 Å². The largest absolute Gasteiger partial charge is 0.354 e. The number of carbonyl (C=O) groups is 2. The Balaban J connectivity index is 2.47. The van der Waals surface area contributed by atoms with Crippen LogP contribution in [0.1, 0.15) is 37.5 Å². The number of nitrogens with zero attached hydrogens (tertiary/aromatic N) is 2. The number of amides is 2. The molecule has 0 aliphatic rings. The first-order chi connectivity index (χ1) is 16.2. The van der Waals surface area contributed by atoms with Gasteiger partial charge in [0, 0.05) is 28.7 Å². The van der Waals surface area contributed by atoms with Gasteiger partial charge in [-0.05, 0) is 56.0 Å². The molecule has 2 aromatic rings. The smallest absolute Gasteiger partial charge is 0.244 e. The second-order valence-electron chi connectivity index (χ2n) is 9.03. The van der Waals surface area contributed by atoms with E-state index in [0.29, 0.717) is 27.8 Å². The Morgan fingerprint density at radius 1 is 1.00 bits per heavy atom. The first kappa shape index (κ1) is 28.9. The molecule has 1 N–H and O–H groups in total. The lowest BCUT2D eigenvalue weighted by molar-refractivity contribution is -0.139. The zero-order chi connectivity index (χ0) is 26.5. The lowest BCUT2D eigenvalue weighted by atomic mass is 10.1. The number of aryl methyl sites for hydroxylation is 1. The van der Waals surface area contributed by atoms with Gasteiger partial charge in [-0.15, -0.1) is 0 Å². The summed E-state index contributed by atoms with van der Waals surface area (Å²) in [4.78, 5) is 27.8. The van der Waals surface area contributed by atoms with Crippen molar-refractivity contribution < 1.29 is 18.0 Å². The molecule has 2 aromatic carbocycles. The average Bonchev–Trinajstić information content (AvgIpc) is 2.76. The maximum absolute atomic E-state index is 13.6. The van der Waals surface area contributed by atoms with Crippen molar-refractivity contribution in [3.8, 4) is 0 Å². The number of hydrogen-bond donors (Lipinski definition) is 1. The van der Waals surface area contributed by atoms with Crippen LogP contribution in [0.4, 0.5) is 5.69 Å². The zero-order valence-corrected chi connectivity index (χ0v) is 23.3. The van der Waals surface area contributed by atoms with Gasteiger partial charge in [0.25, 0.3) is 0 Å². The Hall–Kier alpha value is -2.29. The summed E-state index contributed by atoms with van der Waals surface area (Å²) in [7, 11) is -3.81. The predicted molar refractivity (Wildman–Crippen MR) is 142 cm³/mol. The number of rotatable bonds is 10. The summed E-state index contributed by atoms with van der Waals surface area (Å²) in [5.74, 6) is -0.689. The topological polar surface area (TPSA) is 86.8 Å². The Morgan fingerprint density at radius 3 is 2.11 bits per heavy atom. The fourth-order valence-corrected chi connectivity index (χ4v) is 4.91. The van der Waals surface area contributed by atoms with E-state index >= 15 is 0 Å². The number of anilines is 1. The van der Waals surface area contributed by atoms with Gasteiger partial charge in [0.2, 0.25) is 21.8 Å². The van der Waals surface area contributed by atoms with E-state index in [0.717, 1.165) is 21.7 Å². The standard InChI is InChI=1S/C25H33Cl2N3O4S/c1-16(2)13-28-25(32)19(5)29(14-20-21(26)10-8-11-22(20)27)24(31)15-30(35(6,33)34)23-12-7-9-17(3)18(23)4/h7-12,16,19H,13-15H2,1-6H3,(H,28,32). The Kier molecular flexibility index (Phi) is 10.0. The molecule has 0 aliphatic carbocycles. The van der Waals surface area contributed by atoms with Gasteiger partial charge in [-0.3, -0.25) is 13.9 Å². The van der Waals surface area contributed by atoms with E-state index in [4.69, 9.17) is 23.2 Å². The molecule has 0 aliphatic heterocycles. The molecule has 0 fully saturated rings. The van der Waals surface area contributed by atoms with E-state index in [9.17, 15) is 18.0 Å². The summed E-state index contributed by atoms with van der Waals surface area (Å²) in [6.07, 6.45) is 1.05. The molecule has 0 spiro atoms. The average molecular weight is 543 g/mol. The van der Waals surface area contributed by atoms with Crippen LogP contribution in [0.5, 0.6) is 0 Å². The molecule has 1 unspecified atom stereocenters. The summed E-state index contributed by atoms with van der Waals surface area (Å²) >= 11 is 12.7. The molecule has 0 saturated carbocycles. The van der Waals surface area contributed by atoms with Crippen LogP contribution < -0.4 is 9.62 Å². The van der Waals surface area contributed by atoms with Crippen LogP contribution in [0.25, 0.3) is 0 Å². The van der Waals surface area contributed by atoms with Crippen molar-refractivity contribution in [1.29, 1.82) is 0 Å². The monoisotopic (exact) mass is 541 g/mol. The highest BCUT2D eigenvalue weighted by Crippen LogP contribution is 2.28. The highest BCUT2D eigenvalue weighted by molar-refractivity contribution is 7.92. The molecule has 2 amide bonds. The molecule has 7 nitrogen and oxygen atoms in total. The van der Waals surface area contributed by atoms with Crippen LogP contribution >= 0.6 is 23.2 Å². The summed E-state index contributed by atoms with van der Waals surface area (Å²) in [6, 6.07) is 9.35. The Morgan fingerprint density at radius 2 is 1.57 bits per heavy atom. The molecule has 0 heterocycles. The van der Waals surface area contributed by atoms with Crippen molar-refractivity contribution in [1.82, 2.24) is 10.2 Å². The first-order valence-corrected chi connectivity index (χ1v) is 13.9. The van der Waals surface area contributed by atoms with E-state index in [-0.39, 0.29) is 18.4 Å². The lowest BCUT2D eigenvalue weighted by Crippen LogP contribution is -2.51. The van der Waals surface area contributed by atoms with Gasteiger partial charge in [0.1, 0.15) is 12.6 Å². The van der Waals surface area contributed by atoms with Crippen LogP contribution in [-0.4, -0.2) is 50.5 Å². The Labute approximate surface area is 218 Å². The molecule has 1 atom stereocenters. The van der Waals surface area contributed by atoms with Gasteiger partial charge >= 0.3 is 0 Å². The van der Waals surface area contributed by atoms with Gasteiger partial charge in [-0.1, -0.05) is 55.2 Å². The lowest BCUT2D eigenvalue weighted by Gasteiger charge is -2.32. The van der Waals surface area contributed by atoms with Gasteiger partial charge in [-0.25, -0.2) is 8.42 Å². The van der Waals surface area contributed by atoms with Crippen molar-refractivity contribution in [3.05, 3.63) is 63.1 Å². The van der Waals surface area contributed by atoms with E-state index in [1.54, 1.807) is 44.2 Å². The highest BCUT2D eigenvalue weighted by atomic mass is 35.5.